The summed E-state index contributed by atoms with van der Waals surface area (Å²) >= 11 is 0. The molecule has 0 aliphatic heterocycles. The van der Waals surface area contributed by atoms with Crippen molar-refractivity contribution in [3.8, 4) is 5.75 Å². The van der Waals surface area contributed by atoms with Crippen LogP contribution in [0.25, 0.3) is 5.65 Å². The van der Waals surface area contributed by atoms with Crippen molar-refractivity contribution in [2.24, 2.45) is 0 Å². The molecule has 0 aliphatic rings. The Bertz CT molecular complexity index is 858. The number of benzene rings is 1. The van der Waals surface area contributed by atoms with Gasteiger partial charge >= 0.3 is 0 Å². The number of pyridine rings is 1. The molecule has 112 valence electrons. The second-order valence-electron chi connectivity index (χ2n) is 4.90. The van der Waals surface area contributed by atoms with Crippen LogP contribution in [0, 0.1) is 12.7 Å². The van der Waals surface area contributed by atoms with Crippen LogP contribution in [0.4, 0.5) is 10.1 Å². The van der Waals surface area contributed by atoms with Gasteiger partial charge in [-0.15, -0.1) is 0 Å². The predicted molar refractivity (Wildman–Crippen MR) is 80.8 cm³/mol. The highest BCUT2D eigenvalue weighted by atomic mass is 19.1. The van der Waals surface area contributed by atoms with Crippen LogP contribution in [0.3, 0.4) is 0 Å². The Morgan fingerprint density at radius 3 is 2.86 bits per heavy atom. The summed E-state index contributed by atoms with van der Waals surface area (Å²) in [6.07, 6.45) is 2.75. The molecule has 5 nitrogen and oxygen atoms in total. The van der Waals surface area contributed by atoms with Gasteiger partial charge in [0.15, 0.2) is 0 Å². The van der Waals surface area contributed by atoms with Gasteiger partial charge in [-0.2, -0.15) is 0 Å². The van der Waals surface area contributed by atoms with Gasteiger partial charge in [0, 0.05) is 12.4 Å². The van der Waals surface area contributed by atoms with Gasteiger partial charge < -0.3 is 14.5 Å². The second-order valence-corrected chi connectivity index (χ2v) is 4.90. The summed E-state index contributed by atoms with van der Waals surface area (Å²) in [5.41, 5.74) is 2.26. The van der Waals surface area contributed by atoms with E-state index in [1.807, 2.05) is 19.1 Å². The number of aryl methyl sites for hydroxylation is 1. The van der Waals surface area contributed by atoms with Crippen molar-refractivity contribution in [1.82, 2.24) is 9.38 Å². The van der Waals surface area contributed by atoms with Crippen molar-refractivity contribution in [3.05, 3.63) is 59.8 Å². The molecule has 0 bridgehead atoms. The molecular formula is C16H14FN3O2. The van der Waals surface area contributed by atoms with E-state index >= 15 is 0 Å². The Kier molecular flexibility index (Phi) is 3.50. The van der Waals surface area contributed by atoms with Crippen molar-refractivity contribution in [2.75, 3.05) is 12.4 Å². The smallest absolute Gasteiger partial charge is 0.275 e. The first-order valence-corrected chi connectivity index (χ1v) is 6.67. The zero-order chi connectivity index (χ0) is 15.7. The summed E-state index contributed by atoms with van der Waals surface area (Å²) in [5, 5.41) is 2.76. The van der Waals surface area contributed by atoms with E-state index in [0.717, 1.165) is 5.56 Å². The predicted octanol–water partition coefficient (Wildman–Crippen LogP) is 3.04. The van der Waals surface area contributed by atoms with Gasteiger partial charge in [0.2, 0.25) is 0 Å². The molecule has 0 aliphatic carbocycles. The molecule has 0 unspecified atom stereocenters. The number of nitrogens with one attached hydrogen (secondary N) is 1. The van der Waals surface area contributed by atoms with E-state index in [9.17, 15) is 9.18 Å². The molecule has 1 amide bonds. The number of carbonyl (C=O) groups excluding carboxylic acids is 1. The summed E-state index contributed by atoms with van der Waals surface area (Å²) in [5.74, 6) is -0.209. The number of aromatic nitrogens is 2. The van der Waals surface area contributed by atoms with Gasteiger partial charge in [0.05, 0.1) is 12.8 Å². The Labute approximate surface area is 126 Å². The lowest BCUT2D eigenvalue weighted by molar-refractivity contribution is 0.102. The fourth-order valence-corrected chi connectivity index (χ4v) is 2.18. The standard InChI is InChI=1S/C16H14FN3O2/c1-10-3-5-14(22-2)12(7-10)19-16(21)13-9-20-8-11(17)4-6-15(20)18-13/h3-9H,1-2H3,(H,19,21). The van der Waals surface area contributed by atoms with E-state index in [-0.39, 0.29) is 11.6 Å². The number of halogens is 1. The minimum absolute atomic E-state index is 0.203. The number of nitrogens with zero attached hydrogens (tertiary/aromatic N) is 2. The van der Waals surface area contributed by atoms with Crippen LogP contribution in [-0.2, 0) is 0 Å². The van der Waals surface area contributed by atoms with Gasteiger partial charge in [-0.3, -0.25) is 4.79 Å². The van der Waals surface area contributed by atoms with Crippen LogP contribution in [0.15, 0.2) is 42.7 Å². The molecule has 0 spiro atoms. The number of rotatable bonds is 3. The highest BCUT2D eigenvalue weighted by Gasteiger charge is 2.13. The normalized spacial score (nSPS) is 10.7. The molecule has 0 atom stereocenters. The van der Waals surface area contributed by atoms with Gasteiger partial charge in [-0.1, -0.05) is 6.07 Å². The van der Waals surface area contributed by atoms with E-state index < -0.39 is 5.82 Å². The lowest BCUT2D eigenvalue weighted by Crippen LogP contribution is -2.13. The molecular weight excluding hydrogens is 285 g/mol. The number of amides is 1. The topological polar surface area (TPSA) is 55.6 Å². The van der Waals surface area contributed by atoms with Crippen LogP contribution in [0.2, 0.25) is 0 Å². The molecule has 3 aromatic rings. The Morgan fingerprint density at radius 1 is 1.27 bits per heavy atom. The lowest BCUT2D eigenvalue weighted by Gasteiger charge is -2.09. The molecule has 6 heteroatoms. The molecule has 0 fully saturated rings. The first-order chi connectivity index (χ1) is 10.6. The largest absolute Gasteiger partial charge is 0.495 e. The molecule has 2 heterocycles. The molecule has 22 heavy (non-hydrogen) atoms. The third-order valence-corrected chi connectivity index (χ3v) is 3.25. The lowest BCUT2D eigenvalue weighted by atomic mass is 10.2. The van der Waals surface area contributed by atoms with Crippen LogP contribution in [0.1, 0.15) is 16.1 Å². The maximum Gasteiger partial charge on any atom is 0.275 e. The monoisotopic (exact) mass is 299 g/mol. The summed E-state index contributed by atoms with van der Waals surface area (Å²) in [4.78, 5) is 16.5. The fourth-order valence-electron chi connectivity index (χ4n) is 2.18. The van der Waals surface area contributed by atoms with Crippen molar-refractivity contribution < 1.29 is 13.9 Å². The van der Waals surface area contributed by atoms with E-state index in [1.165, 1.54) is 36.0 Å². The van der Waals surface area contributed by atoms with Crippen molar-refractivity contribution >= 4 is 17.2 Å². The Hall–Kier alpha value is -2.89. The Morgan fingerprint density at radius 2 is 2.09 bits per heavy atom. The van der Waals surface area contributed by atoms with Crippen LogP contribution >= 0.6 is 0 Å². The molecule has 1 aromatic carbocycles. The third kappa shape index (κ3) is 2.63. The minimum Gasteiger partial charge on any atom is -0.495 e. The zero-order valence-corrected chi connectivity index (χ0v) is 12.1. The summed E-state index contributed by atoms with van der Waals surface area (Å²) < 4.78 is 19.9. The SMILES string of the molecule is COc1ccc(C)cc1NC(=O)c1cn2cc(F)ccc2n1. The average Bonchev–Trinajstić information content (AvgIpc) is 2.90. The summed E-state index contributed by atoms with van der Waals surface area (Å²) in [6, 6.07) is 8.30. The van der Waals surface area contributed by atoms with Crippen molar-refractivity contribution in [1.29, 1.82) is 0 Å². The first kappa shape index (κ1) is 14.1. The molecule has 0 saturated heterocycles. The molecule has 3 rings (SSSR count). The molecule has 0 saturated carbocycles. The molecule has 1 N–H and O–H groups in total. The van der Waals surface area contributed by atoms with Crippen LogP contribution < -0.4 is 10.1 Å². The van der Waals surface area contributed by atoms with Crippen molar-refractivity contribution in [2.45, 2.75) is 6.92 Å². The summed E-state index contributed by atoms with van der Waals surface area (Å²) in [6.45, 7) is 1.92. The average molecular weight is 299 g/mol. The number of hydrogen-bond acceptors (Lipinski definition) is 3. The number of ether oxygens (including phenoxy) is 1. The number of methoxy groups -OCH3 is 1. The molecule has 2 aromatic heterocycles. The Balaban J connectivity index is 1.91. The summed E-state index contributed by atoms with van der Waals surface area (Å²) in [7, 11) is 1.54. The number of carbonyl (C=O) groups is 1. The number of fused-ring (bicyclic) bond motifs is 1. The second kappa shape index (κ2) is 5.48. The van der Waals surface area contributed by atoms with E-state index in [0.29, 0.717) is 17.1 Å². The maximum absolute atomic E-state index is 13.2. The number of anilines is 1. The maximum atomic E-state index is 13.2. The van der Waals surface area contributed by atoms with Gasteiger partial charge in [-0.25, -0.2) is 9.37 Å². The minimum atomic E-state index is -0.391. The van der Waals surface area contributed by atoms with Gasteiger partial charge in [0.1, 0.15) is 22.9 Å². The first-order valence-electron chi connectivity index (χ1n) is 6.67. The fraction of sp³-hybridized carbons (Fsp3) is 0.125. The zero-order valence-electron chi connectivity index (χ0n) is 12.1. The van der Waals surface area contributed by atoms with Gasteiger partial charge in [-0.05, 0) is 36.8 Å². The van der Waals surface area contributed by atoms with Gasteiger partial charge in [0.25, 0.3) is 5.91 Å². The van der Waals surface area contributed by atoms with E-state index in [2.05, 4.69) is 10.3 Å². The molecule has 0 radical (unpaired) electrons. The van der Waals surface area contributed by atoms with Crippen LogP contribution in [0.5, 0.6) is 5.75 Å². The third-order valence-electron chi connectivity index (χ3n) is 3.25. The van der Waals surface area contributed by atoms with E-state index in [4.69, 9.17) is 4.74 Å². The van der Waals surface area contributed by atoms with Crippen molar-refractivity contribution in [3.63, 3.8) is 0 Å². The number of imidazole rings is 1. The van der Waals surface area contributed by atoms with Crippen LogP contribution in [-0.4, -0.2) is 22.4 Å². The highest BCUT2D eigenvalue weighted by Crippen LogP contribution is 2.25. The van der Waals surface area contributed by atoms with E-state index in [1.54, 1.807) is 6.07 Å². The quantitative estimate of drug-likeness (QED) is 0.808. The number of hydrogen-bond donors (Lipinski definition) is 1. The highest BCUT2D eigenvalue weighted by molar-refractivity contribution is 6.04.